The Labute approximate surface area is 133 Å². The summed E-state index contributed by atoms with van der Waals surface area (Å²) in [5.74, 6) is -0.384. The van der Waals surface area contributed by atoms with Gasteiger partial charge in [-0.15, -0.1) is 11.3 Å². The van der Waals surface area contributed by atoms with Crippen LogP contribution in [0.15, 0.2) is 35.7 Å². The highest BCUT2D eigenvalue weighted by molar-refractivity contribution is 7.09. The number of hydrogen-bond donors (Lipinski definition) is 1. The zero-order valence-electron chi connectivity index (χ0n) is 12.3. The van der Waals surface area contributed by atoms with E-state index in [1.54, 1.807) is 4.90 Å². The smallest absolute Gasteiger partial charge is 0.227 e. The lowest BCUT2D eigenvalue weighted by molar-refractivity contribution is -0.126. The number of aromatic nitrogens is 1. The predicted octanol–water partition coefficient (Wildman–Crippen LogP) is 2.12. The molecule has 22 heavy (non-hydrogen) atoms. The first kappa shape index (κ1) is 14.7. The van der Waals surface area contributed by atoms with Crippen LogP contribution in [-0.4, -0.2) is 23.3 Å². The van der Waals surface area contributed by atoms with Crippen LogP contribution >= 0.6 is 11.3 Å². The second kappa shape index (κ2) is 6.27. The van der Waals surface area contributed by atoms with Gasteiger partial charge in [-0.25, -0.2) is 4.98 Å². The number of hydrogen-bond acceptors (Lipinski definition) is 4. The van der Waals surface area contributed by atoms with Gasteiger partial charge in [0.2, 0.25) is 11.8 Å². The van der Waals surface area contributed by atoms with Crippen LogP contribution < -0.4 is 10.2 Å². The second-order valence-electron chi connectivity index (χ2n) is 5.34. The lowest BCUT2D eigenvalue weighted by Gasteiger charge is -2.16. The van der Waals surface area contributed by atoms with E-state index in [9.17, 15) is 9.59 Å². The molecule has 0 unspecified atom stereocenters. The van der Waals surface area contributed by atoms with Crippen LogP contribution in [-0.2, 0) is 16.1 Å². The molecule has 1 N–H and O–H groups in total. The molecular weight excluding hydrogens is 298 g/mol. The summed E-state index contributed by atoms with van der Waals surface area (Å²) in [6.45, 7) is 2.79. The third-order valence-electron chi connectivity index (χ3n) is 3.64. The van der Waals surface area contributed by atoms with Gasteiger partial charge in [-0.05, 0) is 19.1 Å². The number of anilines is 1. The molecule has 6 heteroatoms. The van der Waals surface area contributed by atoms with Crippen LogP contribution in [0.3, 0.4) is 0 Å². The molecule has 114 valence electrons. The average Bonchev–Trinajstić information content (AvgIpc) is 3.12. The maximum absolute atomic E-state index is 12.2. The molecule has 1 aromatic heterocycles. The highest BCUT2D eigenvalue weighted by Gasteiger charge is 2.34. The Morgan fingerprint density at radius 1 is 1.41 bits per heavy atom. The fourth-order valence-electron chi connectivity index (χ4n) is 2.53. The largest absolute Gasteiger partial charge is 0.349 e. The van der Waals surface area contributed by atoms with Crippen molar-refractivity contribution >= 4 is 28.8 Å². The zero-order chi connectivity index (χ0) is 15.5. The number of rotatable bonds is 4. The number of benzene rings is 1. The number of nitrogens with zero attached hydrogens (tertiary/aromatic N) is 2. The first-order valence-electron chi connectivity index (χ1n) is 7.17. The summed E-state index contributed by atoms with van der Waals surface area (Å²) in [7, 11) is 0. The van der Waals surface area contributed by atoms with E-state index in [0.29, 0.717) is 13.1 Å². The van der Waals surface area contributed by atoms with Gasteiger partial charge in [-0.1, -0.05) is 18.2 Å². The highest BCUT2D eigenvalue weighted by Crippen LogP contribution is 2.24. The van der Waals surface area contributed by atoms with Crippen molar-refractivity contribution in [2.45, 2.75) is 19.9 Å². The summed E-state index contributed by atoms with van der Waals surface area (Å²) in [5, 5.41) is 5.72. The zero-order valence-corrected chi connectivity index (χ0v) is 13.1. The molecule has 2 heterocycles. The minimum absolute atomic E-state index is 0.00329. The molecule has 5 nitrogen and oxygen atoms in total. The van der Waals surface area contributed by atoms with Gasteiger partial charge in [0.25, 0.3) is 0 Å². The van der Waals surface area contributed by atoms with Gasteiger partial charge in [-0.2, -0.15) is 0 Å². The number of nitrogens with one attached hydrogen (secondary N) is 1. The maximum atomic E-state index is 12.2. The average molecular weight is 315 g/mol. The molecule has 1 aliphatic rings. The molecule has 2 amide bonds. The van der Waals surface area contributed by atoms with Crippen LogP contribution in [0, 0.1) is 12.8 Å². The number of para-hydroxylation sites is 1. The van der Waals surface area contributed by atoms with Gasteiger partial charge < -0.3 is 10.2 Å². The molecule has 1 aromatic carbocycles. The molecule has 0 bridgehead atoms. The molecule has 0 spiro atoms. The van der Waals surface area contributed by atoms with Crippen molar-refractivity contribution in [1.82, 2.24) is 10.3 Å². The normalized spacial score (nSPS) is 17.8. The van der Waals surface area contributed by atoms with Crippen LogP contribution in [0.1, 0.15) is 17.1 Å². The van der Waals surface area contributed by atoms with E-state index in [4.69, 9.17) is 0 Å². The van der Waals surface area contributed by atoms with Crippen LogP contribution in [0.5, 0.6) is 0 Å². The van der Waals surface area contributed by atoms with Crippen molar-refractivity contribution in [3.8, 4) is 0 Å². The number of thiazole rings is 1. The summed E-state index contributed by atoms with van der Waals surface area (Å²) in [5.41, 5.74) is 1.80. The number of carbonyl (C=O) groups is 2. The Hall–Kier alpha value is -2.21. The van der Waals surface area contributed by atoms with E-state index in [1.165, 1.54) is 11.3 Å². The highest BCUT2D eigenvalue weighted by atomic mass is 32.1. The summed E-state index contributed by atoms with van der Waals surface area (Å²) in [6, 6.07) is 9.46. The van der Waals surface area contributed by atoms with Crippen LogP contribution in [0.4, 0.5) is 5.69 Å². The molecule has 3 rings (SSSR count). The Balaban J connectivity index is 1.59. The summed E-state index contributed by atoms with van der Waals surface area (Å²) < 4.78 is 0. The minimum Gasteiger partial charge on any atom is -0.349 e. The van der Waals surface area contributed by atoms with Crippen molar-refractivity contribution in [2.75, 3.05) is 11.4 Å². The molecule has 1 fully saturated rings. The van der Waals surface area contributed by atoms with Gasteiger partial charge in [0.05, 0.1) is 12.5 Å². The second-order valence-corrected chi connectivity index (χ2v) is 6.28. The lowest BCUT2D eigenvalue weighted by atomic mass is 10.1. The van der Waals surface area contributed by atoms with Crippen LogP contribution in [0.25, 0.3) is 0 Å². The molecule has 0 saturated carbocycles. The van der Waals surface area contributed by atoms with Crippen molar-refractivity contribution in [2.24, 2.45) is 5.92 Å². The molecule has 0 aliphatic carbocycles. The van der Waals surface area contributed by atoms with E-state index >= 15 is 0 Å². The monoisotopic (exact) mass is 315 g/mol. The molecular formula is C16H17N3O2S. The van der Waals surface area contributed by atoms with E-state index in [1.807, 2.05) is 42.6 Å². The Bertz CT molecular complexity index is 684. The fraction of sp³-hybridized carbons (Fsp3) is 0.312. The summed E-state index contributed by atoms with van der Waals surface area (Å²) >= 11 is 1.53. The quantitative estimate of drug-likeness (QED) is 0.940. The Kier molecular flexibility index (Phi) is 4.20. The van der Waals surface area contributed by atoms with E-state index in [2.05, 4.69) is 10.3 Å². The molecule has 2 aromatic rings. The van der Waals surface area contributed by atoms with Crippen molar-refractivity contribution in [1.29, 1.82) is 0 Å². The topological polar surface area (TPSA) is 62.3 Å². The van der Waals surface area contributed by atoms with E-state index in [0.717, 1.165) is 16.4 Å². The first-order chi connectivity index (χ1) is 10.6. The standard InChI is InChI=1S/C16H17N3O2S/c1-11-10-22-14(18-11)8-17-16(21)12-7-15(20)19(9-12)13-5-3-2-4-6-13/h2-6,10,12H,7-9H2,1H3,(H,17,21)/t12-/m0/s1. The van der Waals surface area contributed by atoms with Crippen molar-refractivity contribution in [3.05, 3.63) is 46.4 Å². The van der Waals surface area contributed by atoms with Crippen molar-refractivity contribution in [3.63, 3.8) is 0 Å². The van der Waals surface area contributed by atoms with Gasteiger partial charge in [-0.3, -0.25) is 9.59 Å². The predicted molar refractivity (Wildman–Crippen MR) is 85.6 cm³/mol. The first-order valence-corrected chi connectivity index (χ1v) is 8.05. The molecule has 1 aliphatic heterocycles. The van der Waals surface area contributed by atoms with Gasteiger partial charge in [0, 0.05) is 29.7 Å². The minimum atomic E-state index is -0.297. The van der Waals surface area contributed by atoms with E-state index < -0.39 is 0 Å². The number of carbonyl (C=O) groups excluding carboxylic acids is 2. The molecule has 1 saturated heterocycles. The maximum Gasteiger partial charge on any atom is 0.227 e. The molecule has 1 atom stereocenters. The van der Waals surface area contributed by atoms with Crippen LogP contribution in [0.2, 0.25) is 0 Å². The summed E-state index contributed by atoms with van der Waals surface area (Å²) in [6.07, 6.45) is 0.262. The summed E-state index contributed by atoms with van der Waals surface area (Å²) in [4.78, 5) is 30.3. The third kappa shape index (κ3) is 3.17. The third-order valence-corrected chi connectivity index (χ3v) is 4.61. The van der Waals surface area contributed by atoms with Gasteiger partial charge in [0.15, 0.2) is 0 Å². The number of aryl methyl sites for hydroxylation is 1. The SMILES string of the molecule is Cc1csc(CNC(=O)[C@H]2CC(=O)N(c3ccccc3)C2)n1. The van der Waals surface area contributed by atoms with Crippen molar-refractivity contribution < 1.29 is 9.59 Å². The fourth-order valence-corrected chi connectivity index (χ4v) is 3.24. The van der Waals surface area contributed by atoms with Gasteiger partial charge in [0.1, 0.15) is 5.01 Å². The Morgan fingerprint density at radius 3 is 2.86 bits per heavy atom. The molecule has 0 radical (unpaired) electrons. The Morgan fingerprint density at radius 2 is 2.18 bits per heavy atom. The lowest BCUT2D eigenvalue weighted by Crippen LogP contribution is -2.32. The van der Waals surface area contributed by atoms with E-state index in [-0.39, 0.29) is 24.2 Å². The number of amides is 2. The van der Waals surface area contributed by atoms with Gasteiger partial charge >= 0.3 is 0 Å².